The molecule has 4 heterocycles. The van der Waals surface area contributed by atoms with Crippen molar-refractivity contribution in [3.63, 3.8) is 0 Å². The maximum Gasteiger partial charge on any atom is 0.213 e. The van der Waals surface area contributed by atoms with E-state index in [0.717, 1.165) is 57.7 Å². The van der Waals surface area contributed by atoms with Crippen molar-refractivity contribution in [2.45, 2.75) is 47.1 Å². The number of methoxy groups -OCH3 is 1. The summed E-state index contributed by atoms with van der Waals surface area (Å²) >= 11 is 0. The van der Waals surface area contributed by atoms with Gasteiger partial charge in [0.1, 0.15) is 18.2 Å². The molecule has 0 aromatic carbocycles. The second-order valence-corrected chi connectivity index (χ2v) is 8.79. The van der Waals surface area contributed by atoms with E-state index in [2.05, 4.69) is 66.6 Å². The Bertz CT molecular complexity index is 1250. The van der Waals surface area contributed by atoms with E-state index in [1.807, 2.05) is 30.5 Å². The molecule has 7 nitrogen and oxygen atoms in total. The normalized spacial score (nSPS) is 13.9. The lowest BCUT2D eigenvalue weighted by Gasteiger charge is -2.32. The van der Waals surface area contributed by atoms with Crippen LogP contribution in [0.1, 0.15) is 50.7 Å². The summed E-state index contributed by atoms with van der Waals surface area (Å²) in [5.41, 5.74) is 6.96. The number of hydrogen-bond donors (Lipinski definition) is 0. The zero-order valence-corrected chi connectivity index (χ0v) is 20.7. The Balaban J connectivity index is 1.55. The highest BCUT2D eigenvalue weighted by Crippen LogP contribution is 2.32. The van der Waals surface area contributed by atoms with Gasteiger partial charge in [-0.1, -0.05) is 19.9 Å². The summed E-state index contributed by atoms with van der Waals surface area (Å²) in [4.78, 5) is 20.5. The molecule has 1 aliphatic rings. The summed E-state index contributed by atoms with van der Waals surface area (Å²) in [6.07, 6.45) is 5.80. The van der Waals surface area contributed by atoms with Gasteiger partial charge in [0.15, 0.2) is 0 Å². The molecule has 0 spiro atoms. The average molecular weight is 458 g/mol. The quantitative estimate of drug-likeness (QED) is 0.458. The molecule has 0 aliphatic carbocycles. The summed E-state index contributed by atoms with van der Waals surface area (Å²) in [5.74, 6) is 2.54. The van der Waals surface area contributed by atoms with Crippen LogP contribution in [0.15, 0.2) is 65.8 Å². The summed E-state index contributed by atoms with van der Waals surface area (Å²) in [7, 11) is 1.61. The monoisotopic (exact) mass is 457 g/mol. The van der Waals surface area contributed by atoms with Crippen LogP contribution in [0.25, 0.3) is 11.4 Å². The zero-order valence-electron chi connectivity index (χ0n) is 20.7. The van der Waals surface area contributed by atoms with Gasteiger partial charge in [0.05, 0.1) is 24.2 Å². The number of hydrogen-bond acceptors (Lipinski definition) is 7. The van der Waals surface area contributed by atoms with Gasteiger partial charge in [-0.05, 0) is 56.2 Å². The van der Waals surface area contributed by atoms with E-state index >= 15 is 0 Å². The summed E-state index contributed by atoms with van der Waals surface area (Å²) in [6.45, 7) is 11.6. The minimum Gasteiger partial charge on any atom is -0.487 e. The second-order valence-electron chi connectivity index (χ2n) is 8.79. The average Bonchev–Trinajstić information content (AvgIpc) is 2.85. The first kappa shape index (κ1) is 23.4. The van der Waals surface area contributed by atoms with Crippen LogP contribution in [0.5, 0.6) is 5.88 Å². The number of pyridine rings is 2. The van der Waals surface area contributed by atoms with Crippen molar-refractivity contribution in [3.05, 3.63) is 82.9 Å². The fraction of sp³-hybridized carbons (Fsp3) is 0.333. The summed E-state index contributed by atoms with van der Waals surface area (Å²) in [5, 5.41) is 0. The maximum absolute atomic E-state index is 6.12. The SMILES string of the molecule is COc1cccc(COC2=C(C)CN(c3cc(-c4ccnc(C(C)C)n4)ncc3C)C(C)=C2)n1. The summed E-state index contributed by atoms with van der Waals surface area (Å²) < 4.78 is 11.3. The van der Waals surface area contributed by atoms with E-state index in [1.165, 1.54) is 0 Å². The predicted molar refractivity (Wildman–Crippen MR) is 133 cm³/mol. The van der Waals surface area contributed by atoms with Gasteiger partial charge in [-0.15, -0.1) is 0 Å². The smallest absolute Gasteiger partial charge is 0.213 e. The topological polar surface area (TPSA) is 73.3 Å². The van der Waals surface area contributed by atoms with Gasteiger partial charge in [0.2, 0.25) is 5.88 Å². The van der Waals surface area contributed by atoms with Gasteiger partial charge < -0.3 is 14.4 Å². The lowest BCUT2D eigenvalue weighted by molar-refractivity contribution is 0.201. The van der Waals surface area contributed by atoms with Gasteiger partial charge in [0.25, 0.3) is 0 Å². The molecular formula is C27H31N5O2. The third-order valence-corrected chi connectivity index (χ3v) is 5.77. The number of nitrogens with zero attached hydrogens (tertiary/aromatic N) is 5. The molecule has 0 unspecified atom stereocenters. The first-order chi connectivity index (χ1) is 16.4. The van der Waals surface area contributed by atoms with E-state index in [1.54, 1.807) is 13.3 Å². The van der Waals surface area contributed by atoms with Crippen LogP contribution in [0, 0.1) is 6.92 Å². The number of aryl methyl sites for hydroxylation is 1. The lowest BCUT2D eigenvalue weighted by Crippen LogP contribution is -2.28. The molecule has 34 heavy (non-hydrogen) atoms. The number of aromatic nitrogens is 4. The Morgan fingerprint density at radius 1 is 1.03 bits per heavy atom. The van der Waals surface area contributed by atoms with E-state index in [-0.39, 0.29) is 5.92 Å². The van der Waals surface area contributed by atoms with Gasteiger partial charge in [-0.3, -0.25) is 4.98 Å². The Morgan fingerprint density at radius 3 is 2.62 bits per heavy atom. The van der Waals surface area contributed by atoms with E-state index in [4.69, 9.17) is 14.5 Å². The maximum atomic E-state index is 6.12. The van der Waals surface area contributed by atoms with Crippen molar-refractivity contribution in [3.8, 4) is 17.3 Å². The molecule has 0 bridgehead atoms. The molecule has 4 rings (SSSR count). The molecule has 7 heteroatoms. The van der Waals surface area contributed by atoms with Gasteiger partial charge in [-0.25, -0.2) is 15.0 Å². The van der Waals surface area contributed by atoms with Crippen molar-refractivity contribution in [1.82, 2.24) is 19.9 Å². The molecular weight excluding hydrogens is 426 g/mol. The van der Waals surface area contributed by atoms with Gasteiger partial charge in [-0.2, -0.15) is 0 Å². The Morgan fingerprint density at radius 2 is 1.85 bits per heavy atom. The number of rotatable bonds is 7. The highest BCUT2D eigenvalue weighted by Gasteiger charge is 2.21. The third-order valence-electron chi connectivity index (χ3n) is 5.77. The van der Waals surface area contributed by atoms with Crippen LogP contribution < -0.4 is 9.64 Å². The van der Waals surface area contributed by atoms with Crippen molar-refractivity contribution >= 4 is 5.69 Å². The van der Waals surface area contributed by atoms with E-state index in [9.17, 15) is 0 Å². The Labute approximate surface area is 201 Å². The predicted octanol–water partition coefficient (Wildman–Crippen LogP) is 5.59. The van der Waals surface area contributed by atoms with E-state index in [0.29, 0.717) is 12.5 Å². The fourth-order valence-electron chi connectivity index (χ4n) is 3.81. The highest BCUT2D eigenvalue weighted by molar-refractivity contribution is 5.67. The van der Waals surface area contributed by atoms with Crippen molar-refractivity contribution in [2.24, 2.45) is 0 Å². The number of allylic oxidation sites excluding steroid dienone is 2. The second kappa shape index (κ2) is 10.0. The molecule has 0 fully saturated rings. The van der Waals surface area contributed by atoms with Crippen LogP contribution in [0.2, 0.25) is 0 Å². The molecule has 0 atom stereocenters. The van der Waals surface area contributed by atoms with E-state index < -0.39 is 0 Å². The molecule has 3 aromatic heterocycles. The molecule has 176 valence electrons. The highest BCUT2D eigenvalue weighted by atomic mass is 16.5. The third kappa shape index (κ3) is 5.09. The molecule has 0 saturated carbocycles. The van der Waals surface area contributed by atoms with Crippen LogP contribution >= 0.6 is 0 Å². The van der Waals surface area contributed by atoms with Crippen LogP contribution in [0.4, 0.5) is 5.69 Å². The molecule has 0 N–H and O–H groups in total. The van der Waals surface area contributed by atoms with Crippen LogP contribution in [-0.2, 0) is 11.3 Å². The first-order valence-electron chi connectivity index (χ1n) is 11.4. The zero-order chi connectivity index (χ0) is 24.2. The molecule has 0 amide bonds. The van der Waals surface area contributed by atoms with Crippen molar-refractivity contribution < 1.29 is 9.47 Å². The first-order valence-corrected chi connectivity index (χ1v) is 11.4. The summed E-state index contributed by atoms with van der Waals surface area (Å²) in [6, 6.07) is 9.70. The number of ether oxygens (including phenoxy) is 2. The molecule has 0 radical (unpaired) electrons. The number of anilines is 1. The van der Waals surface area contributed by atoms with Gasteiger partial charge >= 0.3 is 0 Å². The molecule has 3 aromatic rings. The van der Waals surface area contributed by atoms with Crippen LogP contribution in [0.3, 0.4) is 0 Å². The minimum absolute atomic E-state index is 0.260. The lowest BCUT2D eigenvalue weighted by atomic mass is 10.1. The van der Waals surface area contributed by atoms with Crippen LogP contribution in [-0.4, -0.2) is 33.6 Å². The molecule has 1 aliphatic heterocycles. The Kier molecular flexibility index (Phi) is 6.91. The van der Waals surface area contributed by atoms with Gasteiger partial charge in [0, 0.05) is 42.3 Å². The standard InChI is InChI=1S/C27H31N5O2/c1-17(2)27-28-11-10-22(31-27)23-13-24(18(3)14-29-23)32-15-19(4)25(12-20(32)5)34-16-21-8-7-9-26(30-21)33-6/h7-14,17H,15-16H2,1-6H3. The van der Waals surface area contributed by atoms with Crippen molar-refractivity contribution in [2.75, 3.05) is 18.6 Å². The minimum atomic E-state index is 0.260. The van der Waals surface area contributed by atoms with Crippen molar-refractivity contribution in [1.29, 1.82) is 0 Å². The largest absolute Gasteiger partial charge is 0.487 e. The fourth-order valence-corrected chi connectivity index (χ4v) is 3.81. The molecule has 0 saturated heterocycles. The Hall–Kier alpha value is -3.74.